The minimum absolute atomic E-state index is 0.0590. The third-order valence-electron chi connectivity index (χ3n) is 3.21. The Labute approximate surface area is 125 Å². The minimum Gasteiger partial charge on any atom is -0.304 e. The average molecular weight is 364 g/mol. The van der Waals surface area contributed by atoms with Crippen LogP contribution in [0.3, 0.4) is 0 Å². The highest BCUT2D eigenvalue weighted by molar-refractivity contribution is 9.10. The molecule has 0 saturated carbocycles. The van der Waals surface area contributed by atoms with E-state index in [9.17, 15) is 18.5 Å². The van der Waals surface area contributed by atoms with Gasteiger partial charge in [0.2, 0.25) is 10.0 Å². The summed E-state index contributed by atoms with van der Waals surface area (Å²) in [5.41, 5.74) is -0.235. The Morgan fingerprint density at radius 2 is 1.85 bits per heavy atom. The van der Waals surface area contributed by atoms with Crippen LogP contribution in [0.2, 0.25) is 0 Å². The summed E-state index contributed by atoms with van der Waals surface area (Å²) >= 11 is 3.16. The number of sulfonamides is 1. The lowest BCUT2D eigenvalue weighted by molar-refractivity contribution is -0.385. The number of halogens is 1. The number of nitro groups is 1. The van der Waals surface area contributed by atoms with Crippen molar-refractivity contribution in [3.8, 4) is 0 Å². The quantitative estimate of drug-likeness (QED) is 0.596. The molecule has 1 aliphatic rings. The molecular formula is C11H14BrN3O4S. The van der Waals surface area contributed by atoms with E-state index in [4.69, 9.17) is 0 Å². The van der Waals surface area contributed by atoms with Crippen LogP contribution in [-0.4, -0.2) is 55.8 Å². The first-order valence-corrected chi connectivity index (χ1v) is 8.18. The van der Waals surface area contributed by atoms with Gasteiger partial charge in [0.25, 0.3) is 5.69 Å². The second-order valence-electron chi connectivity index (χ2n) is 4.58. The van der Waals surface area contributed by atoms with E-state index in [1.165, 1.54) is 16.4 Å². The van der Waals surface area contributed by atoms with Gasteiger partial charge in [-0.25, -0.2) is 8.42 Å². The summed E-state index contributed by atoms with van der Waals surface area (Å²) in [5.74, 6) is 0. The van der Waals surface area contributed by atoms with Gasteiger partial charge in [-0.05, 0) is 29.0 Å². The third-order valence-corrected chi connectivity index (χ3v) is 6.10. The number of rotatable bonds is 3. The number of piperazine rings is 1. The normalized spacial score (nSPS) is 18.1. The third kappa shape index (κ3) is 3.00. The predicted molar refractivity (Wildman–Crippen MR) is 77.1 cm³/mol. The van der Waals surface area contributed by atoms with Crippen LogP contribution < -0.4 is 0 Å². The molecule has 0 N–H and O–H groups in total. The lowest BCUT2D eigenvalue weighted by atomic mass is 10.3. The lowest BCUT2D eigenvalue weighted by Gasteiger charge is -2.31. The zero-order valence-electron chi connectivity index (χ0n) is 10.8. The fourth-order valence-corrected chi connectivity index (χ4v) is 4.34. The molecule has 0 bridgehead atoms. The van der Waals surface area contributed by atoms with E-state index in [0.29, 0.717) is 30.7 Å². The SMILES string of the molecule is CN1CCN(S(=O)(=O)c2cc([N+](=O)[O-])ccc2Br)CC1. The molecule has 0 unspecified atom stereocenters. The van der Waals surface area contributed by atoms with Gasteiger partial charge < -0.3 is 4.90 Å². The van der Waals surface area contributed by atoms with Gasteiger partial charge in [0, 0.05) is 42.8 Å². The summed E-state index contributed by atoms with van der Waals surface area (Å²) in [4.78, 5) is 12.2. The van der Waals surface area contributed by atoms with Gasteiger partial charge in [-0.1, -0.05) is 0 Å². The molecule has 110 valence electrons. The number of benzene rings is 1. The number of hydrogen-bond donors (Lipinski definition) is 0. The Kier molecular flexibility index (Phi) is 4.43. The second kappa shape index (κ2) is 5.76. The highest BCUT2D eigenvalue weighted by Crippen LogP contribution is 2.29. The Bertz CT molecular complexity index is 627. The lowest BCUT2D eigenvalue weighted by Crippen LogP contribution is -2.47. The Morgan fingerprint density at radius 1 is 1.25 bits per heavy atom. The molecule has 20 heavy (non-hydrogen) atoms. The minimum atomic E-state index is -3.72. The van der Waals surface area contributed by atoms with Gasteiger partial charge in [0.15, 0.2) is 0 Å². The number of hydrogen-bond acceptors (Lipinski definition) is 5. The van der Waals surface area contributed by atoms with E-state index < -0.39 is 14.9 Å². The van der Waals surface area contributed by atoms with Crippen molar-refractivity contribution in [2.24, 2.45) is 0 Å². The van der Waals surface area contributed by atoms with Gasteiger partial charge in [0.1, 0.15) is 4.90 Å². The van der Waals surface area contributed by atoms with Crippen molar-refractivity contribution in [1.29, 1.82) is 0 Å². The molecule has 1 aliphatic heterocycles. The van der Waals surface area contributed by atoms with Gasteiger partial charge >= 0.3 is 0 Å². The molecule has 0 spiro atoms. The summed E-state index contributed by atoms with van der Waals surface area (Å²) in [5, 5.41) is 10.8. The molecular weight excluding hydrogens is 350 g/mol. The molecule has 1 fully saturated rings. The van der Waals surface area contributed by atoms with Crippen LogP contribution in [0.1, 0.15) is 0 Å². The summed E-state index contributed by atoms with van der Waals surface area (Å²) < 4.78 is 26.8. The van der Waals surface area contributed by atoms with Crippen LogP contribution in [0.4, 0.5) is 5.69 Å². The van der Waals surface area contributed by atoms with Crippen molar-refractivity contribution in [1.82, 2.24) is 9.21 Å². The monoisotopic (exact) mass is 363 g/mol. The van der Waals surface area contributed by atoms with Crippen LogP contribution >= 0.6 is 15.9 Å². The molecule has 0 atom stereocenters. The van der Waals surface area contributed by atoms with E-state index in [2.05, 4.69) is 15.9 Å². The molecule has 0 aliphatic carbocycles. The van der Waals surface area contributed by atoms with Gasteiger partial charge in [-0.3, -0.25) is 10.1 Å². The summed E-state index contributed by atoms with van der Waals surface area (Å²) in [6, 6.07) is 3.76. The maximum absolute atomic E-state index is 12.5. The van der Waals surface area contributed by atoms with E-state index in [1.54, 1.807) is 0 Å². The van der Waals surface area contributed by atoms with E-state index in [1.807, 2.05) is 11.9 Å². The molecule has 0 radical (unpaired) electrons. The fraction of sp³-hybridized carbons (Fsp3) is 0.455. The summed E-state index contributed by atoms with van der Waals surface area (Å²) in [6.45, 7) is 2.06. The highest BCUT2D eigenvalue weighted by Gasteiger charge is 2.30. The molecule has 1 aromatic carbocycles. The number of likely N-dealkylation sites (N-methyl/N-ethyl adjacent to an activating group) is 1. The van der Waals surface area contributed by atoms with Crippen LogP contribution in [-0.2, 0) is 10.0 Å². The Morgan fingerprint density at radius 3 is 2.40 bits per heavy atom. The Balaban J connectivity index is 2.38. The first-order chi connectivity index (χ1) is 9.32. The van der Waals surface area contributed by atoms with Gasteiger partial charge in [-0.2, -0.15) is 4.31 Å². The van der Waals surface area contributed by atoms with Crippen molar-refractivity contribution in [3.63, 3.8) is 0 Å². The first-order valence-electron chi connectivity index (χ1n) is 5.95. The van der Waals surface area contributed by atoms with Crippen molar-refractivity contribution in [3.05, 3.63) is 32.8 Å². The molecule has 2 rings (SSSR count). The average Bonchev–Trinajstić information content (AvgIpc) is 2.39. The van der Waals surface area contributed by atoms with Gasteiger partial charge in [0.05, 0.1) is 4.92 Å². The molecule has 0 aromatic heterocycles. The zero-order chi connectivity index (χ0) is 14.9. The van der Waals surface area contributed by atoms with Crippen molar-refractivity contribution >= 4 is 31.6 Å². The van der Waals surface area contributed by atoms with E-state index in [0.717, 1.165) is 6.07 Å². The first kappa shape index (κ1) is 15.4. The topological polar surface area (TPSA) is 83.8 Å². The predicted octanol–water partition coefficient (Wildman–Crippen LogP) is 1.29. The molecule has 1 aromatic rings. The van der Waals surface area contributed by atoms with Gasteiger partial charge in [-0.15, -0.1) is 0 Å². The van der Waals surface area contributed by atoms with E-state index in [-0.39, 0.29) is 10.6 Å². The highest BCUT2D eigenvalue weighted by atomic mass is 79.9. The molecule has 1 saturated heterocycles. The molecule has 1 heterocycles. The zero-order valence-corrected chi connectivity index (χ0v) is 13.2. The van der Waals surface area contributed by atoms with Crippen LogP contribution in [0, 0.1) is 10.1 Å². The maximum atomic E-state index is 12.5. The molecule has 0 amide bonds. The van der Waals surface area contributed by atoms with Crippen LogP contribution in [0.15, 0.2) is 27.6 Å². The summed E-state index contributed by atoms with van der Waals surface area (Å²) in [6.07, 6.45) is 0. The van der Waals surface area contributed by atoms with Crippen LogP contribution in [0.25, 0.3) is 0 Å². The fourth-order valence-electron chi connectivity index (χ4n) is 1.97. The summed E-state index contributed by atoms with van der Waals surface area (Å²) in [7, 11) is -1.79. The maximum Gasteiger partial charge on any atom is 0.270 e. The van der Waals surface area contributed by atoms with Crippen molar-refractivity contribution in [2.75, 3.05) is 33.2 Å². The van der Waals surface area contributed by atoms with Crippen molar-refractivity contribution in [2.45, 2.75) is 4.90 Å². The van der Waals surface area contributed by atoms with Crippen LogP contribution in [0.5, 0.6) is 0 Å². The second-order valence-corrected chi connectivity index (χ2v) is 7.34. The number of nitro benzene ring substituents is 1. The number of nitrogens with zero attached hydrogens (tertiary/aromatic N) is 3. The number of non-ortho nitro benzene ring substituents is 1. The standard InChI is InChI=1S/C11H14BrN3O4S/c1-13-4-6-14(7-5-13)20(18,19)11-8-9(15(16)17)2-3-10(11)12/h2-3,8H,4-7H2,1H3. The molecule has 9 heteroatoms. The largest absolute Gasteiger partial charge is 0.304 e. The molecule has 7 nitrogen and oxygen atoms in total. The van der Waals surface area contributed by atoms with Crippen molar-refractivity contribution < 1.29 is 13.3 Å². The Hall–Kier alpha value is -1.03. The smallest absolute Gasteiger partial charge is 0.270 e. The van der Waals surface area contributed by atoms with E-state index >= 15 is 0 Å².